The third kappa shape index (κ3) is 3.30. The second-order valence-corrected chi connectivity index (χ2v) is 6.77. The van der Waals surface area contributed by atoms with Crippen molar-refractivity contribution in [3.05, 3.63) is 52.7 Å². The first-order chi connectivity index (χ1) is 13.6. The van der Waals surface area contributed by atoms with Gasteiger partial charge in [0.05, 0.1) is 7.11 Å². The Morgan fingerprint density at radius 2 is 1.79 bits per heavy atom. The molecule has 146 valence electrons. The van der Waals surface area contributed by atoms with Gasteiger partial charge in [0, 0.05) is 44.3 Å². The molecular formula is C19H22N6O3. The van der Waals surface area contributed by atoms with Crippen LogP contribution in [0.2, 0.25) is 0 Å². The van der Waals surface area contributed by atoms with Gasteiger partial charge in [-0.3, -0.25) is 4.79 Å². The number of hydrogen-bond donors (Lipinski definition) is 0. The number of carbonyl (C=O) groups is 1. The van der Waals surface area contributed by atoms with E-state index in [0.717, 1.165) is 30.9 Å². The van der Waals surface area contributed by atoms with Crippen molar-refractivity contribution in [2.45, 2.75) is 13.5 Å². The van der Waals surface area contributed by atoms with E-state index in [-0.39, 0.29) is 12.2 Å². The minimum atomic E-state index is -0.522. The van der Waals surface area contributed by atoms with Gasteiger partial charge in [0.25, 0.3) is 0 Å². The number of rotatable bonds is 4. The molecule has 28 heavy (non-hydrogen) atoms. The van der Waals surface area contributed by atoms with Crippen LogP contribution in [0.5, 0.6) is 0 Å². The summed E-state index contributed by atoms with van der Waals surface area (Å²) in [6, 6.07) is 8.50. The number of carbonyl (C=O) groups excluding carboxylic acids is 1. The molecule has 9 heteroatoms. The Hall–Kier alpha value is -3.36. The third-order valence-corrected chi connectivity index (χ3v) is 4.97. The lowest BCUT2D eigenvalue weighted by atomic mass is 10.2. The number of benzene rings is 1. The minimum Gasteiger partial charge on any atom is -0.468 e. The van der Waals surface area contributed by atoms with Crippen LogP contribution in [0.1, 0.15) is 5.56 Å². The van der Waals surface area contributed by atoms with Gasteiger partial charge in [-0.25, -0.2) is 18.9 Å². The number of aryl methyl sites for hydroxylation is 1. The van der Waals surface area contributed by atoms with E-state index < -0.39 is 5.97 Å². The number of fused-ring (bicyclic) bond motifs is 1. The zero-order valence-electron chi connectivity index (χ0n) is 15.9. The number of piperazine rings is 1. The van der Waals surface area contributed by atoms with Crippen LogP contribution >= 0.6 is 0 Å². The highest BCUT2D eigenvalue weighted by atomic mass is 16.5. The molecule has 1 aliphatic rings. The van der Waals surface area contributed by atoms with E-state index >= 15 is 0 Å². The molecule has 1 saturated heterocycles. The quantitative estimate of drug-likeness (QED) is 0.614. The van der Waals surface area contributed by atoms with Gasteiger partial charge in [-0.05, 0) is 19.1 Å². The standard InChI is InChI=1S/C19H22N6O3/c1-14-3-5-15(6-4-14)22-9-11-23(12-10-22)17-18-21-25(13-16(26)28-2)19(27)24(18)8-7-20-17/h3-8H,9-13H2,1-2H3. The molecule has 2 aromatic heterocycles. The van der Waals surface area contributed by atoms with Gasteiger partial charge in [-0.2, -0.15) is 0 Å². The molecule has 0 aliphatic carbocycles. The smallest absolute Gasteiger partial charge is 0.351 e. The van der Waals surface area contributed by atoms with Crippen LogP contribution in [0.3, 0.4) is 0 Å². The van der Waals surface area contributed by atoms with Gasteiger partial charge >= 0.3 is 11.7 Å². The van der Waals surface area contributed by atoms with E-state index in [9.17, 15) is 9.59 Å². The summed E-state index contributed by atoms with van der Waals surface area (Å²) in [4.78, 5) is 32.9. The van der Waals surface area contributed by atoms with Crippen LogP contribution in [0, 0.1) is 6.92 Å². The summed E-state index contributed by atoms with van der Waals surface area (Å²) < 4.78 is 7.15. The monoisotopic (exact) mass is 382 g/mol. The molecule has 1 aliphatic heterocycles. The van der Waals surface area contributed by atoms with Gasteiger partial charge < -0.3 is 14.5 Å². The number of ether oxygens (including phenoxy) is 1. The fourth-order valence-corrected chi connectivity index (χ4v) is 3.38. The minimum absolute atomic E-state index is 0.225. The molecule has 0 bridgehead atoms. The SMILES string of the molecule is COC(=O)Cn1nc2c(N3CCN(c4ccc(C)cc4)CC3)nccn2c1=O. The molecule has 1 fully saturated rings. The van der Waals surface area contributed by atoms with Gasteiger partial charge in [0.15, 0.2) is 5.82 Å². The Kier molecular flexibility index (Phi) is 4.72. The number of anilines is 2. The molecule has 0 unspecified atom stereocenters. The lowest BCUT2D eigenvalue weighted by Gasteiger charge is -2.36. The molecule has 0 atom stereocenters. The maximum atomic E-state index is 12.5. The summed E-state index contributed by atoms with van der Waals surface area (Å²) in [6.07, 6.45) is 3.14. The summed E-state index contributed by atoms with van der Waals surface area (Å²) in [5.74, 6) is 0.124. The van der Waals surface area contributed by atoms with Crippen LogP contribution < -0.4 is 15.5 Å². The predicted octanol–water partition coefficient (Wildman–Crippen LogP) is 0.699. The number of methoxy groups -OCH3 is 1. The summed E-state index contributed by atoms with van der Waals surface area (Å²) in [5, 5.41) is 4.31. The molecular weight excluding hydrogens is 360 g/mol. The molecule has 0 spiro atoms. The highest BCUT2D eigenvalue weighted by Crippen LogP contribution is 2.21. The van der Waals surface area contributed by atoms with Crippen LogP contribution in [0.25, 0.3) is 5.65 Å². The first-order valence-corrected chi connectivity index (χ1v) is 9.14. The average molecular weight is 382 g/mol. The average Bonchev–Trinajstić information content (AvgIpc) is 3.04. The maximum Gasteiger partial charge on any atom is 0.351 e. The second kappa shape index (κ2) is 7.34. The summed E-state index contributed by atoms with van der Waals surface area (Å²) in [6.45, 7) is 5.07. The maximum absolute atomic E-state index is 12.5. The van der Waals surface area contributed by atoms with E-state index in [1.807, 2.05) is 0 Å². The van der Waals surface area contributed by atoms with Gasteiger partial charge in [-0.1, -0.05) is 17.7 Å². The van der Waals surface area contributed by atoms with Crippen molar-refractivity contribution in [2.24, 2.45) is 0 Å². The zero-order chi connectivity index (χ0) is 19.7. The highest BCUT2D eigenvalue weighted by Gasteiger charge is 2.22. The van der Waals surface area contributed by atoms with Crippen LogP contribution in [0.4, 0.5) is 11.5 Å². The lowest BCUT2D eigenvalue weighted by molar-refractivity contribution is -0.141. The largest absolute Gasteiger partial charge is 0.468 e. The summed E-state index contributed by atoms with van der Waals surface area (Å²) >= 11 is 0. The normalized spacial score (nSPS) is 14.5. The van der Waals surface area contributed by atoms with Crippen molar-refractivity contribution in [3.8, 4) is 0 Å². The first kappa shape index (κ1) is 18.0. The van der Waals surface area contributed by atoms with Crippen LogP contribution in [-0.2, 0) is 16.1 Å². The van der Waals surface area contributed by atoms with Crippen molar-refractivity contribution in [1.82, 2.24) is 19.2 Å². The van der Waals surface area contributed by atoms with Crippen molar-refractivity contribution >= 4 is 23.1 Å². The third-order valence-electron chi connectivity index (χ3n) is 4.97. The Morgan fingerprint density at radius 1 is 1.11 bits per heavy atom. The Balaban J connectivity index is 1.56. The topological polar surface area (TPSA) is 85.0 Å². The molecule has 0 radical (unpaired) electrons. The number of nitrogens with zero attached hydrogens (tertiary/aromatic N) is 6. The van der Waals surface area contributed by atoms with E-state index in [1.165, 1.54) is 22.8 Å². The number of aromatic nitrogens is 4. The van der Waals surface area contributed by atoms with Crippen LogP contribution in [0.15, 0.2) is 41.5 Å². The predicted molar refractivity (Wildman–Crippen MR) is 105 cm³/mol. The molecule has 0 N–H and O–H groups in total. The molecule has 0 amide bonds. The fraction of sp³-hybridized carbons (Fsp3) is 0.368. The number of esters is 1. The molecule has 1 aromatic carbocycles. The highest BCUT2D eigenvalue weighted by molar-refractivity contribution is 5.69. The second-order valence-electron chi connectivity index (χ2n) is 6.77. The Morgan fingerprint density at radius 3 is 2.46 bits per heavy atom. The molecule has 3 aromatic rings. The van der Waals surface area contributed by atoms with E-state index in [0.29, 0.717) is 11.5 Å². The molecule has 4 rings (SSSR count). The van der Waals surface area contributed by atoms with E-state index in [4.69, 9.17) is 0 Å². The summed E-state index contributed by atoms with van der Waals surface area (Å²) in [5.41, 5.74) is 2.50. The van der Waals surface area contributed by atoms with Crippen molar-refractivity contribution in [3.63, 3.8) is 0 Å². The number of hydrogen-bond acceptors (Lipinski definition) is 7. The lowest BCUT2D eigenvalue weighted by Crippen LogP contribution is -2.47. The Labute approximate surface area is 161 Å². The van der Waals surface area contributed by atoms with Gasteiger partial charge in [0.2, 0.25) is 5.65 Å². The summed E-state index contributed by atoms with van der Waals surface area (Å²) in [7, 11) is 1.28. The van der Waals surface area contributed by atoms with Gasteiger partial charge in [-0.15, -0.1) is 5.10 Å². The van der Waals surface area contributed by atoms with E-state index in [2.05, 4.69) is 55.8 Å². The van der Waals surface area contributed by atoms with E-state index in [1.54, 1.807) is 12.4 Å². The van der Waals surface area contributed by atoms with Crippen molar-refractivity contribution in [2.75, 3.05) is 43.1 Å². The van der Waals surface area contributed by atoms with Crippen molar-refractivity contribution in [1.29, 1.82) is 0 Å². The fourth-order valence-electron chi connectivity index (χ4n) is 3.38. The molecule has 9 nitrogen and oxygen atoms in total. The molecule has 3 heterocycles. The Bertz CT molecular complexity index is 1050. The van der Waals surface area contributed by atoms with Gasteiger partial charge in [0.1, 0.15) is 6.54 Å². The van der Waals surface area contributed by atoms with Crippen LogP contribution in [-0.4, -0.2) is 58.4 Å². The first-order valence-electron chi connectivity index (χ1n) is 9.14. The zero-order valence-corrected chi connectivity index (χ0v) is 15.9. The van der Waals surface area contributed by atoms with Crippen molar-refractivity contribution < 1.29 is 9.53 Å². The molecule has 0 saturated carbocycles.